The van der Waals surface area contributed by atoms with Crippen LogP contribution in [-0.4, -0.2) is 34.0 Å². The van der Waals surface area contributed by atoms with Gasteiger partial charge >= 0.3 is 6.03 Å². The maximum atomic E-state index is 13.9. The van der Waals surface area contributed by atoms with Gasteiger partial charge in [0, 0.05) is 36.1 Å². The van der Waals surface area contributed by atoms with Crippen LogP contribution in [0, 0.1) is 11.6 Å². The average Bonchev–Trinajstić information content (AvgIpc) is 3.50. The number of halogens is 2. The number of piperidine rings is 1. The molecule has 2 amide bonds. The number of likely N-dealkylation sites (tertiary alicyclic amines) is 1. The summed E-state index contributed by atoms with van der Waals surface area (Å²) in [6.45, 7) is 0.946. The van der Waals surface area contributed by atoms with Crippen LogP contribution in [0.3, 0.4) is 0 Å². The van der Waals surface area contributed by atoms with E-state index in [1.165, 1.54) is 0 Å². The molecule has 2 N–H and O–H groups in total. The Morgan fingerprint density at radius 3 is 2.90 bits per heavy atom. The van der Waals surface area contributed by atoms with Crippen LogP contribution in [0.2, 0.25) is 0 Å². The molecular weight excluding hydrogens is 378 g/mol. The van der Waals surface area contributed by atoms with Gasteiger partial charge in [-0.25, -0.2) is 18.6 Å². The van der Waals surface area contributed by atoms with Crippen LogP contribution >= 0.6 is 0 Å². The predicted molar refractivity (Wildman–Crippen MR) is 103 cm³/mol. The van der Waals surface area contributed by atoms with Crippen LogP contribution in [0.4, 0.5) is 19.3 Å². The fourth-order valence-corrected chi connectivity index (χ4v) is 4.71. The maximum absolute atomic E-state index is 13.9. The van der Waals surface area contributed by atoms with Crippen molar-refractivity contribution in [2.75, 3.05) is 18.4 Å². The number of nitrogens with one attached hydrogen (secondary N) is 2. The van der Waals surface area contributed by atoms with E-state index in [0.717, 1.165) is 67.4 Å². The first-order valence-electron chi connectivity index (χ1n) is 10.1. The topological polar surface area (TPSA) is 78.1 Å². The van der Waals surface area contributed by atoms with Crippen molar-refractivity contribution >= 4 is 11.7 Å². The predicted octanol–water partition coefficient (Wildman–Crippen LogP) is 3.44. The number of amides is 2. The van der Waals surface area contributed by atoms with Gasteiger partial charge in [-0.05, 0) is 50.7 Å². The summed E-state index contributed by atoms with van der Waals surface area (Å²) in [6, 6.07) is 2.51. The van der Waals surface area contributed by atoms with E-state index in [1.54, 1.807) is 4.90 Å². The number of H-pyrrole nitrogens is 1. The molecule has 152 valence electrons. The smallest absolute Gasteiger partial charge is 0.321 e. The van der Waals surface area contributed by atoms with Gasteiger partial charge in [-0.3, -0.25) is 4.79 Å². The number of hydrogen-bond acceptors (Lipinski definition) is 3. The van der Waals surface area contributed by atoms with Gasteiger partial charge in [-0.1, -0.05) is 0 Å². The molecule has 1 aliphatic heterocycles. The third kappa shape index (κ3) is 3.20. The number of fused-ring (bicyclic) bond motifs is 2. The summed E-state index contributed by atoms with van der Waals surface area (Å²) in [7, 11) is 0. The zero-order valence-corrected chi connectivity index (χ0v) is 15.9. The summed E-state index contributed by atoms with van der Waals surface area (Å²) in [5, 5.41) is 2.49. The van der Waals surface area contributed by atoms with E-state index in [-0.39, 0.29) is 16.7 Å². The zero-order chi connectivity index (χ0) is 20.2. The van der Waals surface area contributed by atoms with Gasteiger partial charge in [-0.2, -0.15) is 0 Å². The van der Waals surface area contributed by atoms with Crippen LogP contribution in [-0.2, 0) is 11.8 Å². The molecule has 1 atom stereocenters. The second-order valence-corrected chi connectivity index (χ2v) is 8.41. The molecule has 1 spiro atoms. The van der Waals surface area contributed by atoms with Crippen LogP contribution < -0.4 is 10.9 Å². The first kappa shape index (κ1) is 18.3. The van der Waals surface area contributed by atoms with Crippen molar-refractivity contribution in [2.24, 2.45) is 0 Å². The molecule has 0 bridgehead atoms. The Morgan fingerprint density at radius 1 is 1.28 bits per heavy atom. The molecule has 2 aromatic rings. The van der Waals surface area contributed by atoms with E-state index < -0.39 is 17.7 Å². The summed E-state index contributed by atoms with van der Waals surface area (Å²) in [4.78, 5) is 34.7. The summed E-state index contributed by atoms with van der Waals surface area (Å²) in [6.07, 6.45) is 5.14. The highest BCUT2D eigenvalue weighted by atomic mass is 19.1. The summed E-state index contributed by atoms with van der Waals surface area (Å²) in [5.74, 6) is -0.194. The second kappa shape index (κ2) is 6.64. The SMILES string of the molecule is O=C(Nc1cc(F)ccc1F)N1CCCC2(CCc3c2nc(C2CC2)[nH]c3=O)C1. The lowest BCUT2D eigenvalue weighted by atomic mass is 9.77. The Kier molecular flexibility index (Phi) is 4.18. The average molecular weight is 400 g/mol. The first-order chi connectivity index (χ1) is 13.9. The maximum Gasteiger partial charge on any atom is 0.321 e. The van der Waals surface area contributed by atoms with E-state index >= 15 is 0 Å². The van der Waals surface area contributed by atoms with Crippen molar-refractivity contribution in [1.82, 2.24) is 14.9 Å². The van der Waals surface area contributed by atoms with E-state index in [2.05, 4.69) is 10.3 Å². The molecule has 1 aromatic heterocycles. The molecule has 3 aliphatic rings. The molecule has 0 radical (unpaired) electrons. The second-order valence-electron chi connectivity index (χ2n) is 8.41. The Morgan fingerprint density at radius 2 is 2.10 bits per heavy atom. The number of aromatic nitrogens is 2. The number of urea groups is 1. The minimum atomic E-state index is -0.681. The van der Waals surface area contributed by atoms with Crippen molar-refractivity contribution in [3.05, 3.63) is 57.3 Å². The lowest BCUT2D eigenvalue weighted by molar-refractivity contribution is 0.157. The molecule has 5 rings (SSSR count). The third-order valence-corrected chi connectivity index (χ3v) is 6.39. The molecule has 1 saturated carbocycles. The zero-order valence-electron chi connectivity index (χ0n) is 15.9. The Hall–Kier alpha value is -2.77. The van der Waals surface area contributed by atoms with Gasteiger partial charge in [0.25, 0.3) is 5.56 Å². The third-order valence-electron chi connectivity index (χ3n) is 6.39. The fraction of sp³-hybridized carbons (Fsp3) is 0.476. The molecule has 8 heteroatoms. The minimum Gasteiger partial charge on any atom is -0.324 e. The van der Waals surface area contributed by atoms with Crippen molar-refractivity contribution < 1.29 is 13.6 Å². The van der Waals surface area contributed by atoms with Crippen LogP contribution in [0.15, 0.2) is 23.0 Å². The monoisotopic (exact) mass is 400 g/mol. The van der Waals surface area contributed by atoms with Crippen LogP contribution in [0.1, 0.15) is 55.1 Å². The fourth-order valence-electron chi connectivity index (χ4n) is 4.71. The molecule has 2 fully saturated rings. The molecule has 1 aromatic carbocycles. The lowest BCUT2D eigenvalue weighted by Crippen LogP contribution is -2.49. The molecule has 2 aliphatic carbocycles. The van der Waals surface area contributed by atoms with Gasteiger partial charge in [0.15, 0.2) is 0 Å². The Labute approximate surface area is 166 Å². The number of carbonyl (C=O) groups is 1. The highest BCUT2D eigenvalue weighted by molar-refractivity contribution is 5.89. The molecule has 2 heterocycles. The van der Waals surface area contributed by atoms with E-state index in [4.69, 9.17) is 4.98 Å². The van der Waals surface area contributed by atoms with Crippen molar-refractivity contribution in [1.29, 1.82) is 0 Å². The van der Waals surface area contributed by atoms with Crippen LogP contribution in [0.5, 0.6) is 0 Å². The van der Waals surface area contributed by atoms with Gasteiger partial charge in [0.1, 0.15) is 17.5 Å². The lowest BCUT2D eigenvalue weighted by Gasteiger charge is -2.40. The van der Waals surface area contributed by atoms with Crippen molar-refractivity contribution in [3.8, 4) is 0 Å². The highest BCUT2D eigenvalue weighted by Gasteiger charge is 2.46. The summed E-state index contributed by atoms with van der Waals surface area (Å²) in [5.41, 5.74) is 0.984. The van der Waals surface area contributed by atoms with Gasteiger partial charge < -0.3 is 15.2 Å². The summed E-state index contributed by atoms with van der Waals surface area (Å²) < 4.78 is 27.3. The van der Waals surface area contributed by atoms with E-state index in [9.17, 15) is 18.4 Å². The first-order valence-corrected chi connectivity index (χ1v) is 10.1. The normalized spacial score (nSPS) is 23.3. The molecule has 1 unspecified atom stereocenters. The molecule has 6 nitrogen and oxygen atoms in total. The molecular formula is C21H22F2N4O2. The number of hydrogen-bond donors (Lipinski definition) is 2. The number of rotatable bonds is 2. The van der Waals surface area contributed by atoms with Crippen LogP contribution in [0.25, 0.3) is 0 Å². The quantitative estimate of drug-likeness (QED) is 0.811. The largest absolute Gasteiger partial charge is 0.324 e. The number of aromatic amines is 1. The molecule has 1 saturated heterocycles. The number of carbonyl (C=O) groups excluding carboxylic acids is 1. The van der Waals surface area contributed by atoms with E-state index in [0.29, 0.717) is 25.4 Å². The highest BCUT2D eigenvalue weighted by Crippen LogP contribution is 2.45. The minimum absolute atomic E-state index is 0.0582. The Balaban J connectivity index is 1.41. The van der Waals surface area contributed by atoms with Gasteiger partial charge in [0.05, 0.1) is 11.4 Å². The van der Waals surface area contributed by atoms with E-state index in [1.807, 2.05) is 0 Å². The number of anilines is 1. The van der Waals surface area contributed by atoms with Gasteiger partial charge in [-0.15, -0.1) is 0 Å². The Bertz CT molecular complexity index is 1050. The number of benzene rings is 1. The van der Waals surface area contributed by atoms with Gasteiger partial charge in [0.2, 0.25) is 0 Å². The number of nitrogens with zero attached hydrogens (tertiary/aromatic N) is 2. The van der Waals surface area contributed by atoms with Crippen molar-refractivity contribution in [2.45, 2.75) is 49.9 Å². The van der Waals surface area contributed by atoms with Crippen molar-refractivity contribution in [3.63, 3.8) is 0 Å². The molecule has 29 heavy (non-hydrogen) atoms. The summed E-state index contributed by atoms with van der Waals surface area (Å²) >= 11 is 0. The standard InChI is InChI=1S/C21H22F2N4O2/c22-13-4-5-15(23)16(10-13)24-20(29)27-9-1-7-21(11-27)8-6-14-17(21)25-18(12-2-3-12)26-19(14)28/h4-5,10,12H,1-3,6-9,11H2,(H,24,29)(H,25,26,28).